The summed E-state index contributed by atoms with van der Waals surface area (Å²) in [5, 5.41) is 4.15. The van der Waals surface area contributed by atoms with E-state index in [-0.39, 0.29) is 16.5 Å². The van der Waals surface area contributed by atoms with Crippen molar-refractivity contribution in [3.63, 3.8) is 0 Å². The molecule has 198 valence electrons. The van der Waals surface area contributed by atoms with Crippen LogP contribution in [-0.2, 0) is 16.6 Å². The highest BCUT2D eigenvalue weighted by molar-refractivity contribution is 7.90. The van der Waals surface area contributed by atoms with E-state index < -0.39 is 15.9 Å². The number of benzene rings is 1. The maximum Gasteiger partial charge on any atom is 0.281 e. The second-order valence-electron chi connectivity index (χ2n) is 9.78. The predicted octanol–water partition coefficient (Wildman–Crippen LogP) is 5.14. The van der Waals surface area contributed by atoms with Gasteiger partial charge in [-0.25, -0.2) is 14.7 Å². The van der Waals surface area contributed by atoms with E-state index >= 15 is 0 Å². The molecule has 1 N–H and O–H groups in total. The van der Waals surface area contributed by atoms with E-state index in [1.54, 1.807) is 31.3 Å². The number of hydrogen-bond donors (Lipinski definition) is 1. The number of pyridine rings is 2. The van der Waals surface area contributed by atoms with Gasteiger partial charge in [0.2, 0.25) is 5.88 Å². The van der Waals surface area contributed by atoms with E-state index in [4.69, 9.17) is 4.74 Å². The lowest BCUT2D eigenvalue weighted by molar-refractivity contribution is 0.0978. The second kappa shape index (κ2) is 10.7. The Morgan fingerprint density at radius 2 is 1.74 bits per heavy atom. The topological polar surface area (TPSA) is 116 Å². The van der Waals surface area contributed by atoms with Crippen molar-refractivity contribution in [1.82, 2.24) is 24.5 Å². The smallest absolute Gasteiger partial charge is 0.281 e. The average molecular weight is 534 g/mol. The van der Waals surface area contributed by atoms with Crippen molar-refractivity contribution in [2.24, 2.45) is 5.92 Å². The van der Waals surface area contributed by atoms with Crippen molar-refractivity contribution < 1.29 is 17.9 Å². The van der Waals surface area contributed by atoms with Gasteiger partial charge in [-0.2, -0.15) is 13.5 Å². The maximum atomic E-state index is 13.3. The third-order valence-corrected chi connectivity index (χ3v) is 6.99. The predicted molar refractivity (Wildman–Crippen MR) is 145 cm³/mol. The lowest BCUT2D eigenvalue weighted by atomic mass is 10.1. The van der Waals surface area contributed by atoms with Crippen LogP contribution >= 0.6 is 0 Å². The SMILES string of the molecule is Cc1cc(C)c(Oc2nc(-c3cnn(CC(C)C)c3)ccc2C(=O)NS(=O)(=O)c2cccc(C)n2)c(C)c1. The van der Waals surface area contributed by atoms with Gasteiger partial charge in [0.25, 0.3) is 15.9 Å². The molecule has 0 saturated heterocycles. The molecule has 0 radical (unpaired) electrons. The van der Waals surface area contributed by atoms with Gasteiger partial charge in [-0.05, 0) is 69.0 Å². The minimum atomic E-state index is -4.22. The third kappa shape index (κ3) is 6.08. The lowest BCUT2D eigenvalue weighted by Crippen LogP contribution is -2.31. The number of sulfonamides is 1. The van der Waals surface area contributed by atoms with Crippen LogP contribution in [0.1, 0.15) is 46.6 Å². The Morgan fingerprint density at radius 1 is 1.03 bits per heavy atom. The first-order chi connectivity index (χ1) is 17.9. The van der Waals surface area contributed by atoms with Gasteiger partial charge in [0, 0.05) is 24.0 Å². The van der Waals surface area contributed by atoms with Gasteiger partial charge in [-0.3, -0.25) is 9.48 Å². The zero-order valence-corrected chi connectivity index (χ0v) is 23.1. The van der Waals surface area contributed by atoms with E-state index in [0.717, 1.165) is 28.8 Å². The largest absolute Gasteiger partial charge is 0.438 e. The summed E-state index contributed by atoms with van der Waals surface area (Å²) in [5.74, 6) is 0.0744. The summed E-state index contributed by atoms with van der Waals surface area (Å²) in [5.41, 5.74) is 4.57. The summed E-state index contributed by atoms with van der Waals surface area (Å²) in [4.78, 5) is 21.9. The molecular formula is C28H31N5O4S. The highest BCUT2D eigenvalue weighted by Gasteiger charge is 2.25. The van der Waals surface area contributed by atoms with Gasteiger partial charge in [-0.15, -0.1) is 0 Å². The number of carbonyl (C=O) groups excluding carboxylic acids is 1. The van der Waals surface area contributed by atoms with Crippen LogP contribution in [0.25, 0.3) is 11.3 Å². The fourth-order valence-corrected chi connectivity index (χ4v) is 5.12. The molecule has 0 fully saturated rings. The fraction of sp³-hybridized carbons (Fsp3) is 0.286. The molecule has 1 amide bonds. The van der Waals surface area contributed by atoms with Gasteiger partial charge in [-0.1, -0.05) is 37.6 Å². The molecule has 10 heteroatoms. The summed E-state index contributed by atoms with van der Waals surface area (Å²) >= 11 is 0. The minimum absolute atomic E-state index is 0.0148. The van der Waals surface area contributed by atoms with E-state index in [0.29, 0.717) is 23.1 Å². The fourth-order valence-electron chi connectivity index (χ4n) is 4.14. The van der Waals surface area contributed by atoms with Crippen LogP contribution in [0.3, 0.4) is 0 Å². The quantitative estimate of drug-likeness (QED) is 0.333. The third-order valence-electron chi connectivity index (χ3n) is 5.75. The molecule has 3 aromatic heterocycles. The summed E-state index contributed by atoms with van der Waals surface area (Å²) in [6, 6.07) is 11.6. The van der Waals surface area contributed by atoms with Crippen molar-refractivity contribution >= 4 is 15.9 Å². The molecule has 38 heavy (non-hydrogen) atoms. The number of hydrogen-bond acceptors (Lipinski definition) is 7. The van der Waals surface area contributed by atoms with Crippen LogP contribution in [0, 0.1) is 33.6 Å². The Bertz CT molecular complexity index is 1590. The van der Waals surface area contributed by atoms with Gasteiger partial charge in [0.1, 0.15) is 11.3 Å². The highest BCUT2D eigenvalue weighted by Crippen LogP contribution is 2.32. The van der Waals surface area contributed by atoms with Crippen molar-refractivity contribution in [3.05, 3.63) is 82.8 Å². The number of carbonyl (C=O) groups is 1. The summed E-state index contributed by atoms with van der Waals surface area (Å²) in [6.07, 6.45) is 3.58. The highest BCUT2D eigenvalue weighted by atomic mass is 32.2. The van der Waals surface area contributed by atoms with Crippen LogP contribution in [0.15, 0.2) is 59.9 Å². The Labute approximate surface area is 223 Å². The van der Waals surface area contributed by atoms with E-state index in [1.807, 2.05) is 43.8 Å². The zero-order valence-electron chi connectivity index (χ0n) is 22.3. The monoisotopic (exact) mass is 533 g/mol. The number of nitrogens with zero attached hydrogens (tertiary/aromatic N) is 4. The van der Waals surface area contributed by atoms with Gasteiger partial charge in [0.05, 0.1) is 11.9 Å². The molecule has 4 aromatic rings. The molecule has 3 heterocycles. The first-order valence-electron chi connectivity index (χ1n) is 12.2. The summed E-state index contributed by atoms with van der Waals surface area (Å²) in [6.45, 7) is 12.4. The Balaban J connectivity index is 1.75. The molecule has 0 saturated carbocycles. The Morgan fingerprint density at radius 3 is 2.39 bits per heavy atom. The van der Waals surface area contributed by atoms with Gasteiger partial charge in [0.15, 0.2) is 5.03 Å². The van der Waals surface area contributed by atoms with Crippen LogP contribution in [0.4, 0.5) is 0 Å². The number of aryl methyl sites for hydroxylation is 4. The Kier molecular flexibility index (Phi) is 7.63. The van der Waals surface area contributed by atoms with Crippen LogP contribution in [0.2, 0.25) is 0 Å². The molecule has 9 nitrogen and oxygen atoms in total. The normalized spacial score (nSPS) is 11.6. The van der Waals surface area contributed by atoms with Crippen molar-refractivity contribution in [2.45, 2.75) is 53.1 Å². The molecule has 4 rings (SSSR count). The van der Waals surface area contributed by atoms with E-state index in [9.17, 15) is 13.2 Å². The molecule has 1 aromatic carbocycles. The molecular weight excluding hydrogens is 502 g/mol. The summed E-state index contributed by atoms with van der Waals surface area (Å²) < 4.78 is 35.9. The molecule has 0 aliphatic heterocycles. The standard InChI is InChI=1S/C28H31N5O4S/c1-17(2)15-33-16-22(14-29-33)24-11-10-23(27(34)32-38(35,36)25-9-7-8-21(6)30-25)28(31-24)37-26-19(4)12-18(3)13-20(26)5/h7-14,16-17H,15H2,1-6H3,(H,32,34). The number of amides is 1. The first-order valence-corrected chi connectivity index (χ1v) is 13.7. The van der Waals surface area contributed by atoms with Crippen LogP contribution in [0.5, 0.6) is 11.6 Å². The minimum Gasteiger partial charge on any atom is -0.438 e. The van der Waals surface area contributed by atoms with Crippen LogP contribution in [-0.4, -0.2) is 34.1 Å². The lowest BCUT2D eigenvalue weighted by Gasteiger charge is -2.15. The molecule has 0 atom stereocenters. The molecule has 0 unspecified atom stereocenters. The average Bonchev–Trinajstić information content (AvgIpc) is 3.28. The number of ether oxygens (including phenoxy) is 1. The van der Waals surface area contributed by atoms with Crippen molar-refractivity contribution in [3.8, 4) is 22.9 Å². The first kappa shape index (κ1) is 27.0. The number of rotatable bonds is 8. The number of nitrogens with one attached hydrogen (secondary N) is 1. The van der Waals surface area contributed by atoms with Crippen molar-refractivity contribution in [2.75, 3.05) is 0 Å². The molecule has 0 spiro atoms. The summed E-state index contributed by atoms with van der Waals surface area (Å²) in [7, 11) is -4.22. The molecule has 0 aliphatic rings. The van der Waals surface area contributed by atoms with Gasteiger partial charge >= 0.3 is 0 Å². The molecule has 0 aliphatic carbocycles. The maximum absolute atomic E-state index is 13.3. The molecule has 0 bridgehead atoms. The van der Waals surface area contributed by atoms with Crippen LogP contribution < -0.4 is 9.46 Å². The zero-order chi connectivity index (χ0) is 27.6. The number of aromatic nitrogens is 4. The van der Waals surface area contributed by atoms with Crippen molar-refractivity contribution in [1.29, 1.82) is 0 Å². The van der Waals surface area contributed by atoms with Gasteiger partial charge < -0.3 is 4.74 Å². The van der Waals surface area contributed by atoms with E-state index in [1.165, 1.54) is 12.1 Å². The second-order valence-corrected chi connectivity index (χ2v) is 11.4. The Hall–Kier alpha value is -4.05. The van der Waals surface area contributed by atoms with E-state index in [2.05, 4.69) is 33.6 Å².